The summed E-state index contributed by atoms with van der Waals surface area (Å²) < 4.78 is 20.0. The van der Waals surface area contributed by atoms with E-state index in [0.717, 1.165) is 12.8 Å². The van der Waals surface area contributed by atoms with Gasteiger partial charge in [0.2, 0.25) is 0 Å². The Morgan fingerprint density at radius 2 is 1.36 bits per heavy atom. The van der Waals surface area contributed by atoms with Crippen LogP contribution < -0.4 is 10.4 Å². The molecule has 2 aromatic carbocycles. The Labute approximate surface area is 218 Å². The van der Waals surface area contributed by atoms with Crippen molar-refractivity contribution < 1.29 is 18.7 Å². The van der Waals surface area contributed by atoms with Crippen LogP contribution in [0, 0.1) is 10.8 Å². The van der Waals surface area contributed by atoms with Crippen molar-refractivity contribution in [2.24, 2.45) is 10.8 Å². The van der Waals surface area contributed by atoms with Gasteiger partial charge < -0.3 is 13.9 Å². The summed E-state index contributed by atoms with van der Waals surface area (Å²) in [4.78, 5) is 13.2. The maximum Gasteiger partial charge on any atom is 0.261 e. The average Bonchev–Trinajstić information content (AvgIpc) is 3.30. The van der Waals surface area contributed by atoms with Crippen LogP contribution in [-0.2, 0) is 18.7 Å². The second-order valence-electron chi connectivity index (χ2n) is 13.2. The number of hydrogen-bond acceptors (Lipinski definition) is 4. The fraction of sp³-hybridized carbons (Fsp3) is 0.581. The predicted octanol–water partition coefficient (Wildman–Crippen LogP) is 5.87. The van der Waals surface area contributed by atoms with Crippen molar-refractivity contribution in [3.05, 3.63) is 60.7 Å². The van der Waals surface area contributed by atoms with Crippen molar-refractivity contribution in [1.29, 1.82) is 0 Å². The number of benzene rings is 2. The number of carbonyl (C=O) groups is 1. The molecule has 5 heteroatoms. The van der Waals surface area contributed by atoms with Gasteiger partial charge in [-0.25, -0.2) is 0 Å². The summed E-state index contributed by atoms with van der Waals surface area (Å²) >= 11 is 0. The molecule has 4 rings (SSSR count). The first-order valence-electron chi connectivity index (χ1n) is 13.4. The Hall–Kier alpha value is -1.79. The van der Waals surface area contributed by atoms with E-state index in [1.165, 1.54) is 10.4 Å². The number of ketones is 1. The molecular weight excluding hydrogens is 464 g/mol. The standard InChI is InChI=1S/C31H44O4Si/c1-28(2,3)27-25-26(32)30(7,8)31(34-25,35-27)21-15-16-22-33-36(29(4,5)6,23-17-11-9-12-18-23)24-19-13-10-14-20-24/h9-14,17-20,25,27H,15-16,21-22H2,1-8H3/t25-,27+,31-/m0/s1. The SMILES string of the molecule is CC(C)(C)[C@@H]1O[C@]2(CCCCO[Si](c3ccccc3)(c3ccccc3)C(C)(C)C)O[C@H]1C(=O)C2(C)C. The second kappa shape index (κ2) is 9.50. The molecule has 36 heavy (non-hydrogen) atoms. The predicted molar refractivity (Wildman–Crippen MR) is 148 cm³/mol. The minimum Gasteiger partial charge on any atom is -0.407 e. The maximum absolute atomic E-state index is 13.2. The number of carbonyl (C=O) groups excluding carboxylic acids is 1. The van der Waals surface area contributed by atoms with Crippen molar-refractivity contribution in [2.45, 2.75) is 97.7 Å². The third-order valence-electron chi connectivity index (χ3n) is 8.23. The van der Waals surface area contributed by atoms with Gasteiger partial charge in [-0.2, -0.15) is 0 Å². The Morgan fingerprint density at radius 3 is 1.83 bits per heavy atom. The zero-order valence-corrected chi connectivity index (χ0v) is 24.4. The monoisotopic (exact) mass is 508 g/mol. The van der Waals surface area contributed by atoms with Crippen LogP contribution in [-0.4, -0.2) is 38.7 Å². The highest BCUT2D eigenvalue weighted by Crippen LogP contribution is 2.57. The lowest BCUT2D eigenvalue weighted by molar-refractivity contribution is -0.227. The van der Waals surface area contributed by atoms with E-state index in [4.69, 9.17) is 13.9 Å². The van der Waals surface area contributed by atoms with Gasteiger partial charge in [-0.05, 0) is 47.5 Å². The quantitative estimate of drug-likeness (QED) is 0.330. The van der Waals surface area contributed by atoms with Gasteiger partial charge >= 0.3 is 0 Å². The fourth-order valence-electron chi connectivity index (χ4n) is 6.10. The zero-order chi connectivity index (χ0) is 26.4. The summed E-state index contributed by atoms with van der Waals surface area (Å²) in [6.07, 6.45) is 1.78. The van der Waals surface area contributed by atoms with Crippen LogP contribution in [0.25, 0.3) is 0 Å². The van der Waals surface area contributed by atoms with E-state index in [0.29, 0.717) is 13.0 Å². The molecule has 0 radical (unpaired) electrons. The highest BCUT2D eigenvalue weighted by molar-refractivity contribution is 6.99. The zero-order valence-electron chi connectivity index (χ0n) is 23.4. The molecule has 2 aliphatic rings. The van der Waals surface area contributed by atoms with Gasteiger partial charge in [0.05, 0.1) is 11.5 Å². The first-order valence-corrected chi connectivity index (χ1v) is 15.3. The van der Waals surface area contributed by atoms with Crippen molar-refractivity contribution in [2.75, 3.05) is 6.61 Å². The molecule has 0 N–H and O–H groups in total. The molecule has 196 valence electrons. The van der Waals surface area contributed by atoms with Gasteiger partial charge in [0.15, 0.2) is 11.6 Å². The first kappa shape index (κ1) is 27.2. The molecule has 0 spiro atoms. The molecule has 2 heterocycles. The lowest BCUT2D eigenvalue weighted by Crippen LogP contribution is -2.66. The van der Waals surface area contributed by atoms with Gasteiger partial charge in [-0.15, -0.1) is 0 Å². The van der Waals surface area contributed by atoms with Gasteiger partial charge in [-0.3, -0.25) is 4.79 Å². The third kappa shape index (κ3) is 4.42. The molecule has 2 aromatic rings. The van der Waals surface area contributed by atoms with E-state index < -0.39 is 25.6 Å². The van der Waals surface area contributed by atoms with Gasteiger partial charge in [0.25, 0.3) is 8.32 Å². The van der Waals surface area contributed by atoms with E-state index in [1.807, 2.05) is 13.8 Å². The molecule has 0 saturated carbocycles. The Balaban J connectivity index is 1.51. The molecule has 3 atom stereocenters. The summed E-state index contributed by atoms with van der Waals surface area (Å²) in [6.45, 7) is 17.9. The average molecular weight is 509 g/mol. The number of Topliss-reactive ketones (excluding diaryl/α,β-unsaturated/α-hetero) is 1. The number of fused-ring (bicyclic) bond motifs is 2. The lowest BCUT2D eigenvalue weighted by Gasteiger charge is -2.43. The molecule has 2 aliphatic heterocycles. The van der Waals surface area contributed by atoms with Crippen LogP contribution in [0.1, 0.15) is 74.7 Å². The highest BCUT2D eigenvalue weighted by Gasteiger charge is 2.70. The molecule has 4 nitrogen and oxygen atoms in total. The molecule has 2 bridgehead atoms. The van der Waals surface area contributed by atoms with Crippen LogP contribution >= 0.6 is 0 Å². The minimum atomic E-state index is -2.54. The van der Waals surface area contributed by atoms with Crippen LogP contribution in [0.3, 0.4) is 0 Å². The summed E-state index contributed by atoms with van der Waals surface area (Å²) in [5, 5.41) is 2.55. The van der Waals surface area contributed by atoms with Crippen molar-refractivity contribution >= 4 is 24.5 Å². The van der Waals surface area contributed by atoms with Crippen molar-refractivity contribution in [3.63, 3.8) is 0 Å². The van der Waals surface area contributed by atoms with Gasteiger partial charge in [0.1, 0.15) is 6.10 Å². The van der Waals surface area contributed by atoms with E-state index in [1.54, 1.807) is 0 Å². The van der Waals surface area contributed by atoms with Crippen LogP contribution in [0.5, 0.6) is 0 Å². The molecule has 0 amide bonds. The number of rotatable bonds is 8. The van der Waals surface area contributed by atoms with Crippen LogP contribution in [0.4, 0.5) is 0 Å². The van der Waals surface area contributed by atoms with E-state index in [-0.39, 0.29) is 22.3 Å². The second-order valence-corrected chi connectivity index (χ2v) is 17.5. The fourth-order valence-corrected chi connectivity index (χ4v) is 10.7. The normalized spacial score (nSPS) is 25.9. The molecule has 2 saturated heterocycles. The number of ether oxygens (including phenoxy) is 2. The number of unbranched alkanes of at least 4 members (excludes halogenated alkanes) is 1. The number of hydrogen-bond donors (Lipinski definition) is 0. The Kier molecular flexibility index (Phi) is 7.19. The summed E-state index contributed by atoms with van der Waals surface area (Å²) in [7, 11) is -2.54. The molecular formula is C31H44O4Si. The maximum atomic E-state index is 13.2. The third-order valence-corrected chi connectivity index (χ3v) is 13.3. The summed E-state index contributed by atoms with van der Waals surface area (Å²) in [6, 6.07) is 21.5. The van der Waals surface area contributed by atoms with Crippen LogP contribution in [0.15, 0.2) is 60.7 Å². The first-order chi connectivity index (χ1) is 16.8. The molecule has 2 fully saturated rings. The minimum absolute atomic E-state index is 0.0426. The highest BCUT2D eigenvalue weighted by atomic mass is 28.4. The Bertz CT molecular complexity index is 1010. The smallest absolute Gasteiger partial charge is 0.261 e. The van der Waals surface area contributed by atoms with Crippen LogP contribution in [0.2, 0.25) is 5.04 Å². The summed E-state index contributed by atoms with van der Waals surface area (Å²) in [5.41, 5.74) is -0.788. The van der Waals surface area contributed by atoms with E-state index in [2.05, 4.69) is 102 Å². The van der Waals surface area contributed by atoms with E-state index in [9.17, 15) is 4.79 Å². The molecule has 0 unspecified atom stereocenters. The van der Waals surface area contributed by atoms with Crippen molar-refractivity contribution in [1.82, 2.24) is 0 Å². The molecule has 0 aromatic heterocycles. The molecule has 0 aliphatic carbocycles. The Morgan fingerprint density at radius 1 is 0.833 bits per heavy atom. The van der Waals surface area contributed by atoms with Gasteiger partial charge in [0, 0.05) is 13.0 Å². The van der Waals surface area contributed by atoms with E-state index >= 15 is 0 Å². The van der Waals surface area contributed by atoms with Gasteiger partial charge in [-0.1, -0.05) is 102 Å². The van der Waals surface area contributed by atoms with Crippen molar-refractivity contribution in [3.8, 4) is 0 Å². The summed E-state index contributed by atoms with van der Waals surface area (Å²) in [5.74, 6) is -0.665. The lowest BCUT2D eigenvalue weighted by atomic mass is 9.72. The largest absolute Gasteiger partial charge is 0.407 e. The topological polar surface area (TPSA) is 44.8 Å².